The third kappa shape index (κ3) is 5.05. The molecule has 1 fully saturated rings. The van der Waals surface area contributed by atoms with E-state index in [9.17, 15) is 9.59 Å². The molecule has 3 N–H and O–H groups in total. The summed E-state index contributed by atoms with van der Waals surface area (Å²) in [5.41, 5.74) is 12.1. The molecule has 2 amide bonds. The molecule has 4 rings (SSSR count). The van der Waals surface area contributed by atoms with Crippen LogP contribution in [-0.4, -0.2) is 35.3 Å². The molecular weight excluding hydrogens is 422 g/mol. The van der Waals surface area contributed by atoms with E-state index in [2.05, 4.69) is 25.2 Å². The molecule has 34 heavy (non-hydrogen) atoms. The highest BCUT2D eigenvalue weighted by Gasteiger charge is 2.39. The molecule has 1 heterocycles. The Morgan fingerprint density at radius 2 is 1.56 bits per heavy atom. The van der Waals surface area contributed by atoms with Gasteiger partial charge in [0.1, 0.15) is 6.04 Å². The van der Waals surface area contributed by atoms with Gasteiger partial charge in [-0.05, 0) is 54.5 Å². The summed E-state index contributed by atoms with van der Waals surface area (Å²) in [6.45, 7) is 5.13. The van der Waals surface area contributed by atoms with E-state index in [0.29, 0.717) is 19.5 Å². The normalized spacial score (nSPS) is 16.5. The van der Waals surface area contributed by atoms with Crippen LogP contribution in [0.4, 0.5) is 0 Å². The first kappa shape index (κ1) is 23.7. The summed E-state index contributed by atoms with van der Waals surface area (Å²) in [5, 5.41) is 3.05. The zero-order chi connectivity index (χ0) is 24.1. The van der Waals surface area contributed by atoms with Gasteiger partial charge < -0.3 is 16.0 Å². The molecule has 3 aromatic carbocycles. The van der Waals surface area contributed by atoms with Gasteiger partial charge in [0, 0.05) is 19.0 Å². The maximum absolute atomic E-state index is 13.6. The molecule has 0 spiro atoms. The van der Waals surface area contributed by atoms with Gasteiger partial charge in [-0.2, -0.15) is 0 Å². The largest absolute Gasteiger partial charge is 0.350 e. The number of rotatable bonds is 7. The minimum Gasteiger partial charge on any atom is -0.350 e. The average Bonchev–Trinajstić information content (AvgIpc) is 3.36. The van der Waals surface area contributed by atoms with Crippen molar-refractivity contribution in [1.29, 1.82) is 0 Å². The van der Waals surface area contributed by atoms with Crippen molar-refractivity contribution < 1.29 is 9.59 Å². The third-order valence-electron chi connectivity index (χ3n) is 6.97. The molecule has 0 radical (unpaired) electrons. The molecule has 5 heteroatoms. The van der Waals surface area contributed by atoms with E-state index < -0.39 is 12.1 Å². The van der Waals surface area contributed by atoms with Gasteiger partial charge in [-0.15, -0.1) is 0 Å². The van der Waals surface area contributed by atoms with E-state index in [1.165, 1.54) is 11.1 Å². The second-order valence-corrected chi connectivity index (χ2v) is 9.09. The fraction of sp³-hybridized carbons (Fsp3) is 0.310. The fourth-order valence-electron chi connectivity index (χ4n) is 4.87. The number of amides is 2. The smallest absolute Gasteiger partial charge is 0.243 e. The number of hydrogen-bond donors (Lipinski definition) is 2. The summed E-state index contributed by atoms with van der Waals surface area (Å²) >= 11 is 0. The zero-order valence-corrected chi connectivity index (χ0v) is 19.9. The minimum absolute atomic E-state index is 0.116. The first-order chi connectivity index (χ1) is 16.5. The van der Waals surface area contributed by atoms with Crippen LogP contribution in [0.2, 0.25) is 0 Å². The molecule has 3 aromatic rings. The Morgan fingerprint density at radius 1 is 0.941 bits per heavy atom. The molecule has 0 saturated carbocycles. The van der Waals surface area contributed by atoms with Crippen molar-refractivity contribution in [3.8, 4) is 0 Å². The number of nitrogens with one attached hydrogen (secondary N) is 1. The average molecular weight is 456 g/mol. The van der Waals surface area contributed by atoms with E-state index in [4.69, 9.17) is 5.73 Å². The number of likely N-dealkylation sites (tertiary alicyclic amines) is 1. The van der Waals surface area contributed by atoms with Crippen molar-refractivity contribution in [2.45, 2.75) is 51.2 Å². The lowest BCUT2D eigenvalue weighted by molar-refractivity contribution is -0.139. The van der Waals surface area contributed by atoms with Crippen molar-refractivity contribution in [2.24, 2.45) is 5.73 Å². The van der Waals surface area contributed by atoms with Gasteiger partial charge in [0.2, 0.25) is 11.8 Å². The Kier molecular flexibility index (Phi) is 7.43. The molecule has 0 bridgehead atoms. The number of nitrogens with zero attached hydrogens (tertiary/aromatic N) is 1. The molecular formula is C29H33N3O2. The van der Waals surface area contributed by atoms with Crippen LogP contribution in [0.1, 0.15) is 46.6 Å². The van der Waals surface area contributed by atoms with Crippen LogP contribution in [0.5, 0.6) is 0 Å². The summed E-state index contributed by atoms with van der Waals surface area (Å²) < 4.78 is 0. The zero-order valence-electron chi connectivity index (χ0n) is 19.9. The first-order valence-corrected chi connectivity index (χ1v) is 12.0. The Balaban J connectivity index is 1.51. The Labute approximate surface area is 202 Å². The number of nitrogens with two attached hydrogens (primary N) is 1. The van der Waals surface area contributed by atoms with Crippen molar-refractivity contribution in [1.82, 2.24) is 10.2 Å². The van der Waals surface area contributed by atoms with E-state index in [0.717, 1.165) is 23.1 Å². The topological polar surface area (TPSA) is 75.4 Å². The predicted octanol–water partition coefficient (Wildman–Crippen LogP) is 4.07. The predicted molar refractivity (Wildman–Crippen MR) is 135 cm³/mol. The van der Waals surface area contributed by atoms with Crippen molar-refractivity contribution in [2.75, 3.05) is 6.54 Å². The Bertz CT molecular complexity index is 1090. The van der Waals surface area contributed by atoms with E-state index in [1.54, 1.807) is 4.90 Å². The number of carbonyl (C=O) groups excluding carboxylic acids is 2. The summed E-state index contributed by atoms with van der Waals surface area (Å²) in [6.07, 6.45) is 1.44. The van der Waals surface area contributed by atoms with Crippen LogP contribution in [-0.2, 0) is 16.1 Å². The van der Waals surface area contributed by atoms with Crippen LogP contribution < -0.4 is 11.1 Å². The van der Waals surface area contributed by atoms with Gasteiger partial charge in [0.15, 0.2) is 0 Å². The second kappa shape index (κ2) is 10.7. The highest BCUT2D eigenvalue weighted by Crippen LogP contribution is 2.30. The van der Waals surface area contributed by atoms with Crippen LogP contribution in [0.15, 0.2) is 78.9 Å². The Morgan fingerprint density at radius 3 is 2.18 bits per heavy atom. The van der Waals surface area contributed by atoms with Crippen LogP contribution in [0, 0.1) is 13.8 Å². The molecule has 1 unspecified atom stereocenters. The first-order valence-electron chi connectivity index (χ1n) is 12.0. The quantitative estimate of drug-likeness (QED) is 0.564. The summed E-state index contributed by atoms with van der Waals surface area (Å²) in [4.78, 5) is 28.4. The van der Waals surface area contributed by atoms with Gasteiger partial charge in [0.05, 0.1) is 6.04 Å². The molecule has 0 aromatic heterocycles. The maximum Gasteiger partial charge on any atom is 0.243 e. The monoisotopic (exact) mass is 455 g/mol. The third-order valence-corrected chi connectivity index (χ3v) is 6.97. The minimum atomic E-state index is -0.780. The van der Waals surface area contributed by atoms with Gasteiger partial charge >= 0.3 is 0 Å². The second-order valence-electron chi connectivity index (χ2n) is 9.09. The lowest BCUT2D eigenvalue weighted by atomic mass is 9.84. The van der Waals surface area contributed by atoms with Gasteiger partial charge in [-0.25, -0.2) is 0 Å². The molecule has 5 nitrogen and oxygen atoms in total. The molecule has 2 atom stereocenters. The van der Waals surface area contributed by atoms with Crippen molar-refractivity contribution in [3.05, 3.63) is 107 Å². The maximum atomic E-state index is 13.6. The fourth-order valence-corrected chi connectivity index (χ4v) is 4.87. The van der Waals surface area contributed by atoms with Crippen LogP contribution >= 0.6 is 0 Å². The number of carbonyl (C=O) groups is 2. The summed E-state index contributed by atoms with van der Waals surface area (Å²) in [5.74, 6) is -0.578. The van der Waals surface area contributed by atoms with Crippen LogP contribution in [0.25, 0.3) is 0 Å². The molecule has 1 aliphatic rings. The van der Waals surface area contributed by atoms with E-state index in [-0.39, 0.29) is 17.7 Å². The van der Waals surface area contributed by atoms with Crippen LogP contribution in [0.3, 0.4) is 0 Å². The summed E-state index contributed by atoms with van der Waals surface area (Å²) in [7, 11) is 0. The molecule has 176 valence electrons. The molecule has 1 aliphatic heterocycles. The van der Waals surface area contributed by atoms with Crippen molar-refractivity contribution in [3.63, 3.8) is 0 Å². The Hall–Kier alpha value is -3.44. The molecule has 1 saturated heterocycles. The molecule has 0 aliphatic carbocycles. The lowest BCUT2D eigenvalue weighted by Crippen LogP contribution is -2.52. The SMILES string of the molecule is Cc1cccc(CNC(=O)C2CCCN2C(=O)[C@H](N)C(c2ccccc2)c2ccccc2)c1C. The van der Waals surface area contributed by atoms with Gasteiger partial charge in [-0.1, -0.05) is 78.9 Å². The number of aryl methyl sites for hydroxylation is 1. The van der Waals surface area contributed by atoms with Gasteiger partial charge in [0.25, 0.3) is 0 Å². The standard InChI is InChI=1S/C29H33N3O2/c1-20-11-9-16-24(21(20)2)19-31-28(33)25-17-10-18-32(25)29(34)27(30)26(22-12-5-3-6-13-22)23-14-7-4-8-15-23/h3-9,11-16,25-27H,10,17-19,30H2,1-2H3,(H,31,33)/t25?,27-/m1/s1. The number of hydrogen-bond acceptors (Lipinski definition) is 3. The highest BCUT2D eigenvalue weighted by molar-refractivity contribution is 5.91. The van der Waals surface area contributed by atoms with E-state index >= 15 is 0 Å². The number of benzene rings is 3. The van der Waals surface area contributed by atoms with Crippen molar-refractivity contribution >= 4 is 11.8 Å². The van der Waals surface area contributed by atoms with Gasteiger partial charge in [-0.3, -0.25) is 9.59 Å². The highest BCUT2D eigenvalue weighted by atomic mass is 16.2. The summed E-state index contributed by atoms with van der Waals surface area (Å²) in [6, 6.07) is 24.6. The van der Waals surface area contributed by atoms with E-state index in [1.807, 2.05) is 72.8 Å². The lowest BCUT2D eigenvalue weighted by Gasteiger charge is -2.31.